The van der Waals surface area contributed by atoms with Crippen molar-refractivity contribution >= 4 is 38.9 Å². The van der Waals surface area contributed by atoms with Crippen molar-refractivity contribution in [2.45, 2.75) is 12.5 Å². The second-order valence-electron chi connectivity index (χ2n) is 7.98. The number of benzene rings is 5. The highest BCUT2D eigenvalue weighted by Gasteiger charge is 2.28. The molecule has 5 aromatic rings. The fourth-order valence-electron chi connectivity index (χ4n) is 4.29. The van der Waals surface area contributed by atoms with Crippen molar-refractivity contribution in [1.29, 1.82) is 0 Å². The van der Waals surface area contributed by atoms with Gasteiger partial charge in [-0.1, -0.05) is 91.0 Å². The molecule has 0 radical (unpaired) electrons. The molecule has 0 aliphatic rings. The molecule has 0 saturated carbocycles. The molecule has 1 atom stereocenters. The summed E-state index contributed by atoms with van der Waals surface area (Å²) in [5.41, 5.74) is 2.72. The number of carbonyl (C=O) groups is 1. The molecular weight excluding hydrogens is 394 g/mol. The molecule has 0 heterocycles. The zero-order valence-corrected chi connectivity index (χ0v) is 17.6. The van der Waals surface area contributed by atoms with Crippen molar-refractivity contribution in [2.24, 2.45) is 0 Å². The summed E-state index contributed by atoms with van der Waals surface area (Å²) in [6.07, 6.45) is 0.399. The van der Waals surface area contributed by atoms with E-state index in [-0.39, 0.29) is 0 Å². The Labute approximate surface area is 187 Å². The lowest BCUT2D eigenvalue weighted by atomic mass is 10.0. The summed E-state index contributed by atoms with van der Waals surface area (Å²) in [7, 11) is 0. The standard InChI is InChI=1S/C29H23NO2/c31-29(32)28(18-21-8-2-1-3-9-21)30(26-16-14-22-10-4-6-12-24(22)19-26)27-17-15-23-11-5-7-13-25(23)20-27/h1-17,19-20,28H,18H2,(H,31,32)/t28-/m0/s1. The van der Waals surface area contributed by atoms with Gasteiger partial charge in [0.1, 0.15) is 6.04 Å². The van der Waals surface area contributed by atoms with Gasteiger partial charge < -0.3 is 10.0 Å². The van der Waals surface area contributed by atoms with Crippen molar-refractivity contribution in [3.63, 3.8) is 0 Å². The zero-order valence-electron chi connectivity index (χ0n) is 17.6. The molecule has 1 N–H and O–H groups in total. The van der Waals surface area contributed by atoms with Crippen LogP contribution in [0.25, 0.3) is 21.5 Å². The maximum absolute atomic E-state index is 12.6. The fourth-order valence-corrected chi connectivity index (χ4v) is 4.29. The van der Waals surface area contributed by atoms with Crippen LogP contribution in [0.15, 0.2) is 115 Å². The first-order valence-electron chi connectivity index (χ1n) is 10.7. The maximum Gasteiger partial charge on any atom is 0.327 e. The normalized spacial score (nSPS) is 12.0. The van der Waals surface area contributed by atoms with Gasteiger partial charge in [-0.25, -0.2) is 4.79 Å². The number of fused-ring (bicyclic) bond motifs is 2. The van der Waals surface area contributed by atoms with Gasteiger partial charge in [0, 0.05) is 17.8 Å². The average molecular weight is 418 g/mol. The number of hydrogen-bond donors (Lipinski definition) is 1. The van der Waals surface area contributed by atoms with Crippen molar-refractivity contribution in [3.05, 3.63) is 121 Å². The minimum atomic E-state index is -0.852. The third-order valence-electron chi connectivity index (χ3n) is 5.89. The van der Waals surface area contributed by atoms with Crippen LogP contribution in [0.5, 0.6) is 0 Å². The number of rotatable bonds is 6. The highest BCUT2D eigenvalue weighted by Crippen LogP contribution is 2.34. The van der Waals surface area contributed by atoms with Gasteiger partial charge in [0.05, 0.1) is 0 Å². The van der Waals surface area contributed by atoms with Crippen LogP contribution in [0.4, 0.5) is 11.4 Å². The SMILES string of the molecule is O=C(O)[C@H](Cc1ccccc1)N(c1ccc2ccccc2c1)c1ccc2ccccc2c1. The van der Waals surface area contributed by atoms with Gasteiger partial charge in [-0.05, 0) is 51.4 Å². The van der Waals surface area contributed by atoms with E-state index in [1.807, 2.05) is 71.6 Å². The van der Waals surface area contributed by atoms with Crippen LogP contribution in [0.2, 0.25) is 0 Å². The largest absolute Gasteiger partial charge is 0.480 e. The molecule has 0 fully saturated rings. The number of carboxylic acid groups (broad SMARTS) is 1. The molecule has 0 amide bonds. The van der Waals surface area contributed by atoms with Gasteiger partial charge in [0.25, 0.3) is 0 Å². The van der Waals surface area contributed by atoms with Crippen molar-refractivity contribution in [3.8, 4) is 0 Å². The van der Waals surface area contributed by atoms with Crippen LogP contribution in [0.1, 0.15) is 5.56 Å². The van der Waals surface area contributed by atoms with Gasteiger partial charge in [0.2, 0.25) is 0 Å². The highest BCUT2D eigenvalue weighted by atomic mass is 16.4. The summed E-state index contributed by atoms with van der Waals surface area (Å²) >= 11 is 0. The van der Waals surface area contributed by atoms with E-state index in [9.17, 15) is 9.90 Å². The molecule has 3 heteroatoms. The van der Waals surface area contributed by atoms with Crippen LogP contribution >= 0.6 is 0 Å². The zero-order chi connectivity index (χ0) is 21.9. The Kier molecular flexibility index (Phi) is 5.30. The molecule has 5 aromatic carbocycles. The molecule has 0 aliphatic heterocycles. The summed E-state index contributed by atoms with van der Waals surface area (Å²) in [5.74, 6) is -0.852. The Bertz CT molecular complexity index is 1320. The van der Waals surface area contributed by atoms with E-state index >= 15 is 0 Å². The van der Waals surface area contributed by atoms with Crippen LogP contribution in [-0.4, -0.2) is 17.1 Å². The summed E-state index contributed by atoms with van der Waals surface area (Å²) in [6, 6.07) is 37.6. The first-order valence-corrected chi connectivity index (χ1v) is 10.7. The second-order valence-corrected chi connectivity index (χ2v) is 7.98. The summed E-state index contributed by atoms with van der Waals surface area (Å²) < 4.78 is 0. The number of hydrogen-bond acceptors (Lipinski definition) is 2. The van der Waals surface area contributed by atoms with E-state index in [1.54, 1.807) is 0 Å². The predicted molar refractivity (Wildman–Crippen MR) is 132 cm³/mol. The van der Waals surface area contributed by atoms with Crippen LogP contribution in [0, 0.1) is 0 Å². The summed E-state index contributed by atoms with van der Waals surface area (Å²) in [4.78, 5) is 14.5. The second kappa shape index (κ2) is 8.56. The molecule has 156 valence electrons. The highest BCUT2D eigenvalue weighted by molar-refractivity contribution is 5.92. The number of anilines is 2. The molecular formula is C29H23NO2. The lowest BCUT2D eigenvalue weighted by molar-refractivity contribution is -0.138. The maximum atomic E-state index is 12.6. The van der Waals surface area contributed by atoms with Crippen molar-refractivity contribution < 1.29 is 9.90 Å². The molecule has 5 rings (SSSR count). The van der Waals surface area contributed by atoms with Gasteiger partial charge >= 0.3 is 5.97 Å². The molecule has 0 unspecified atom stereocenters. The van der Waals surface area contributed by atoms with Gasteiger partial charge in [-0.15, -0.1) is 0 Å². The Balaban J connectivity index is 1.67. The Hall–Kier alpha value is -4.11. The fraction of sp³-hybridized carbons (Fsp3) is 0.0690. The van der Waals surface area contributed by atoms with Crippen LogP contribution in [-0.2, 0) is 11.2 Å². The van der Waals surface area contributed by atoms with Gasteiger partial charge in [-0.2, -0.15) is 0 Å². The third kappa shape index (κ3) is 3.93. The minimum Gasteiger partial charge on any atom is -0.480 e. The van der Waals surface area contributed by atoms with E-state index in [1.165, 1.54) is 0 Å². The predicted octanol–water partition coefficient (Wildman–Crippen LogP) is 6.83. The molecule has 0 aromatic heterocycles. The Morgan fingerprint density at radius 1 is 0.625 bits per heavy atom. The first-order chi connectivity index (χ1) is 15.7. The molecule has 3 nitrogen and oxygen atoms in total. The molecule has 0 bridgehead atoms. The van der Waals surface area contributed by atoms with E-state index in [0.29, 0.717) is 6.42 Å². The number of carboxylic acids is 1. The molecule has 0 saturated heterocycles. The van der Waals surface area contributed by atoms with Gasteiger partial charge in [-0.3, -0.25) is 0 Å². The van der Waals surface area contributed by atoms with Crippen molar-refractivity contribution in [1.82, 2.24) is 0 Å². The van der Waals surface area contributed by atoms with Crippen LogP contribution in [0.3, 0.4) is 0 Å². The van der Waals surface area contributed by atoms with E-state index in [4.69, 9.17) is 0 Å². The average Bonchev–Trinajstić information content (AvgIpc) is 2.84. The monoisotopic (exact) mass is 417 g/mol. The van der Waals surface area contributed by atoms with Gasteiger partial charge in [0.15, 0.2) is 0 Å². The van der Waals surface area contributed by atoms with E-state index < -0.39 is 12.0 Å². The molecule has 32 heavy (non-hydrogen) atoms. The first kappa shape index (κ1) is 19.8. The summed E-state index contributed by atoms with van der Waals surface area (Å²) in [5, 5.41) is 14.7. The molecule has 0 aliphatic carbocycles. The third-order valence-corrected chi connectivity index (χ3v) is 5.89. The Morgan fingerprint density at radius 3 is 1.59 bits per heavy atom. The lowest BCUT2D eigenvalue weighted by Gasteiger charge is -2.32. The minimum absolute atomic E-state index is 0.399. The van der Waals surface area contributed by atoms with E-state index in [0.717, 1.165) is 38.5 Å². The molecule has 0 spiro atoms. The van der Waals surface area contributed by atoms with Crippen LogP contribution < -0.4 is 4.90 Å². The number of nitrogens with zero attached hydrogens (tertiary/aromatic N) is 1. The lowest BCUT2D eigenvalue weighted by Crippen LogP contribution is -2.40. The van der Waals surface area contributed by atoms with E-state index in [2.05, 4.69) is 48.5 Å². The summed E-state index contributed by atoms with van der Waals surface area (Å²) in [6.45, 7) is 0. The quantitative estimate of drug-likeness (QED) is 0.329. The Morgan fingerprint density at radius 2 is 1.09 bits per heavy atom. The topological polar surface area (TPSA) is 40.5 Å². The smallest absolute Gasteiger partial charge is 0.327 e. The van der Waals surface area contributed by atoms with Crippen molar-refractivity contribution in [2.75, 3.05) is 4.90 Å². The number of aliphatic carboxylic acids is 1.